The first kappa shape index (κ1) is 11.0. The third kappa shape index (κ3) is 1.92. The molecule has 0 unspecified atom stereocenters. The van der Waals surface area contributed by atoms with Gasteiger partial charge in [0.05, 0.1) is 5.69 Å². The van der Waals surface area contributed by atoms with E-state index >= 15 is 0 Å². The van der Waals surface area contributed by atoms with E-state index in [1.165, 1.54) is 0 Å². The molecule has 2 atom stereocenters. The molecular formula is C11H15N3O2S. The van der Waals surface area contributed by atoms with Crippen molar-refractivity contribution in [1.29, 1.82) is 0 Å². The van der Waals surface area contributed by atoms with Gasteiger partial charge < -0.3 is 10.6 Å². The minimum Gasteiger partial charge on any atom is -0.367 e. The molecule has 1 saturated heterocycles. The Morgan fingerprint density at radius 1 is 1.24 bits per heavy atom. The molecule has 0 bridgehead atoms. The van der Waals surface area contributed by atoms with Crippen molar-refractivity contribution in [1.82, 2.24) is 10.0 Å². The fourth-order valence-electron chi connectivity index (χ4n) is 2.43. The summed E-state index contributed by atoms with van der Waals surface area (Å²) in [5.74, 6) is 0. The molecule has 0 aromatic heterocycles. The summed E-state index contributed by atoms with van der Waals surface area (Å²) in [4.78, 5) is 0.328. The van der Waals surface area contributed by atoms with Crippen molar-refractivity contribution in [2.24, 2.45) is 0 Å². The summed E-state index contributed by atoms with van der Waals surface area (Å²) in [6.07, 6.45) is 1.83. The summed E-state index contributed by atoms with van der Waals surface area (Å²) >= 11 is 0. The van der Waals surface area contributed by atoms with E-state index in [2.05, 4.69) is 15.4 Å². The van der Waals surface area contributed by atoms with E-state index in [1.807, 2.05) is 6.07 Å². The fraction of sp³-hybridized carbons (Fsp3) is 0.455. The Morgan fingerprint density at radius 3 is 2.82 bits per heavy atom. The third-order valence-corrected chi connectivity index (χ3v) is 4.77. The van der Waals surface area contributed by atoms with Crippen LogP contribution in [-0.2, 0) is 10.0 Å². The van der Waals surface area contributed by atoms with Gasteiger partial charge in [-0.25, -0.2) is 8.42 Å². The van der Waals surface area contributed by atoms with Gasteiger partial charge in [-0.1, -0.05) is 12.1 Å². The summed E-state index contributed by atoms with van der Waals surface area (Å²) in [5, 5.41) is 6.55. The van der Waals surface area contributed by atoms with Gasteiger partial charge in [0.1, 0.15) is 11.1 Å². The van der Waals surface area contributed by atoms with Gasteiger partial charge in [-0.15, -0.1) is 0 Å². The Kier molecular flexibility index (Phi) is 2.57. The van der Waals surface area contributed by atoms with Crippen LogP contribution in [-0.4, -0.2) is 27.2 Å². The average Bonchev–Trinajstić information content (AvgIpc) is 2.81. The molecule has 5 nitrogen and oxygen atoms in total. The Morgan fingerprint density at radius 2 is 2.06 bits per heavy atom. The first-order valence-corrected chi connectivity index (χ1v) is 7.26. The van der Waals surface area contributed by atoms with Crippen LogP contribution < -0.4 is 15.4 Å². The maximum absolute atomic E-state index is 12.1. The van der Waals surface area contributed by atoms with Gasteiger partial charge in [-0.2, -0.15) is 4.72 Å². The highest BCUT2D eigenvalue weighted by molar-refractivity contribution is 7.89. The molecular weight excluding hydrogens is 238 g/mol. The van der Waals surface area contributed by atoms with Crippen LogP contribution in [0.15, 0.2) is 29.2 Å². The number of para-hydroxylation sites is 1. The third-order valence-electron chi connectivity index (χ3n) is 3.27. The predicted octanol–water partition coefficient (Wildman–Crippen LogP) is 0.468. The molecule has 2 aliphatic rings. The maximum atomic E-state index is 12.1. The zero-order valence-corrected chi connectivity index (χ0v) is 10.1. The molecule has 2 aliphatic heterocycles. The van der Waals surface area contributed by atoms with E-state index in [0.717, 1.165) is 19.4 Å². The molecule has 0 amide bonds. The number of fused-ring (bicyclic) bond motifs is 1. The second-order valence-electron chi connectivity index (χ2n) is 4.44. The van der Waals surface area contributed by atoms with Crippen molar-refractivity contribution in [2.45, 2.75) is 29.9 Å². The van der Waals surface area contributed by atoms with E-state index in [1.54, 1.807) is 18.2 Å². The van der Waals surface area contributed by atoms with Crippen LogP contribution in [0.1, 0.15) is 12.8 Å². The van der Waals surface area contributed by atoms with Crippen molar-refractivity contribution in [3.8, 4) is 0 Å². The van der Waals surface area contributed by atoms with Gasteiger partial charge in [-0.3, -0.25) is 0 Å². The Bertz CT molecular complexity index is 523. The van der Waals surface area contributed by atoms with E-state index in [9.17, 15) is 8.42 Å². The summed E-state index contributed by atoms with van der Waals surface area (Å²) in [7, 11) is -3.38. The lowest BCUT2D eigenvalue weighted by Gasteiger charge is -2.31. The molecule has 17 heavy (non-hydrogen) atoms. The van der Waals surface area contributed by atoms with Crippen molar-refractivity contribution in [3.05, 3.63) is 24.3 Å². The summed E-state index contributed by atoms with van der Waals surface area (Å²) in [6, 6.07) is 7.15. The smallest absolute Gasteiger partial charge is 0.244 e. The van der Waals surface area contributed by atoms with Gasteiger partial charge in [-0.05, 0) is 31.5 Å². The quantitative estimate of drug-likeness (QED) is 0.680. The van der Waals surface area contributed by atoms with E-state index in [4.69, 9.17) is 0 Å². The highest BCUT2D eigenvalue weighted by Gasteiger charge is 2.34. The summed E-state index contributed by atoms with van der Waals surface area (Å²) < 4.78 is 26.8. The SMILES string of the molecule is O=S1(=O)N[C@@H]([C@@H]2CCCN2)Nc2ccccc21. The lowest BCUT2D eigenvalue weighted by atomic mass is 10.1. The van der Waals surface area contributed by atoms with Crippen LogP contribution in [0.25, 0.3) is 0 Å². The van der Waals surface area contributed by atoms with Crippen LogP contribution >= 0.6 is 0 Å². The molecule has 92 valence electrons. The molecule has 0 radical (unpaired) electrons. The molecule has 0 saturated carbocycles. The first-order chi connectivity index (χ1) is 8.17. The van der Waals surface area contributed by atoms with Gasteiger partial charge in [0.25, 0.3) is 0 Å². The molecule has 3 N–H and O–H groups in total. The van der Waals surface area contributed by atoms with Crippen LogP contribution in [0.3, 0.4) is 0 Å². The second kappa shape index (κ2) is 3.97. The molecule has 2 heterocycles. The monoisotopic (exact) mass is 253 g/mol. The van der Waals surface area contributed by atoms with Gasteiger partial charge in [0, 0.05) is 6.04 Å². The maximum Gasteiger partial charge on any atom is 0.244 e. The van der Waals surface area contributed by atoms with Crippen LogP contribution in [0.5, 0.6) is 0 Å². The number of benzene rings is 1. The second-order valence-corrected chi connectivity index (χ2v) is 6.12. The van der Waals surface area contributed by atoms with E-state index in [0.29, 0.717) is 10.6 Å². The average molecular weight is 253 g/mol. The van der Waals surface area contributed by atoms with Gasteiger partial charge >= 0.3 is 0 Å². The zero-order valence-electron chi connectivity index (χ0n) is 9.31. The van der Waals surface area contributed by atoms with Gasteiger partial charge in [0.2, 0.25) is 10.0 Å². The van der Waals surface area contributed by atoms with E-state index < -0.39 is 10.0 Å². The molecule has 0 spiro atoms. The predicted molar refractivity (Wildman–Crippen MR) is 65.2 cm³/mol. The minimum absolute atomic E-state index is 0.165. The Hall–Kier alpha value is -1.11. The van der Waals surface area contributed by atoms with Crippen LogP contribution in [0.4, 0.5) is 5.69 Å². The standard InChI is InChI=1S/C11H15N3O2S/c15-17(16)10-6-2-1-4-8(10)13-11(14-17)9-5-3-7-12-9/h1-2,4,6,9,11-14H,3,5,7H2/t9-,11-/m0/s1. The van der Waals surface area contributed by atoms with Crippen molar-refractivity contribution in [3.63, 3.8) is 0 Å². The fourth-order valence-corrected chi connectivity index (χ4v) is 3.79. The van der Waals surface area contributed by atoms with Gasteiger partial charge in [0.15, 0.2) is 0 Å². The lowest BCUT2D eigenvalue weighted by molar-refractivity contribution is 0.472. The normalized spacial score (nSPS) is 30.6. The minimum atomic E-state index is -3.38. The van der Waals surface area contributed by atoms with E-state index in [-0.39, 0.29) is 12.2 Å². The van der Waals surface area contributed by atoms with Crippen LogP contribution in [0.2, 0.25) is 0 Å². The molecule has 6 heteroatoms. The van der Waals surface area contributed by atoms with Crippen molar-refractivity contribution in [2.75, 3.05) is 11.9 Å². The number of nitrogens with one attached hydrogen (secondary N) is 3. The molecule has 0 aliphatic carbocycles. The molecule has 1 fully saturated rings. The molecule has 1 aromatic rings. The summed E-state index contributed by atoms with van der Waals surface area (Å²) in [5.41, 5.74) is 0.685. The summed E-state index contributed by atoms with van der Waals surface area (Å²) in [6.45, 7) is 0.951. The topological polar surface area (TPSA) is 70.2 Å². The highest BCUT2D eigenvalue weighted by atomic mass is 32.2. The Labute approximate surface area is 101 Å². The number of hydrogen-bond acceptors (Lipinski definition) is 4. The van der Waals surface area contributed by atoms with Crippen molar-refractivity contribution < 1.29 is 8.42 Å². The molecule has 3 rings (SSSR count). The molecule has 1 aromatic carbocycles. The number of rotatable bonds is 1. The number of hydrogen-bond donors (Lipinski definition) is 3. The van der Waals surface area contributed by atoms with Crippen LogP contribution in [0, 0.1) is 0 Å². The van der Waals surface area contributed by atoms with Crippen molar-refractivity contribution >= 4 is 15.7 Å². The zero-order chi connectivity index (χ0) is 11.9. The Balaban J connectivity index is 1.96. The number of anilines is 1. The number of sulfonamides is 1. The first-order valence-electron chi connectivity index (χ1n) is 5.78. The lowest BCUT2D eigenvalue weighted by Crippen LogP contribution is -2.54. The highest BCUT2D eigenvalue weighted by Crippen LogP contribution is 2.27. The largest absolute Gasteiger partial charge is 0.367 e.